The lowest BCUT2D eigenvalue weighted by atomic mass is 9.92. The van der Waals surface area contributed by atoms with Gasteiger partial charge in [-0.25, -0.2) is 0 Å². The molecule has 2 aliphatic rings. The second kappa shape index (κ2) is 8.46. The fourth-order valence-corrected chi connectivity index (χ4v) is 2.33. The number of allylic oxidation sites excluding steroid dienone is 4. The van der Waals surface area contributed by atoms with Crippen LogP contribution in [0.2, 0.25) is 0 Å². The molecule has 0 bridgehead atoms. The molecule has 1 N–H and O–H groups in total. The van der Waals surface area contributed by atoms with E-state index in [1.54, 1.807) is 13.1 Å². The number of alkyl halides is 3. The summed E-state index contributed by atoms with van der Waals surface area (Å²) in [5.41, 5.74) is 4.64. The first-order chi connectivity index (χ1) is 11.9. The van der Waals surface area contributed by atoms with Crippen molar-refractivity contribution in [2.24, 2.45) is 10.1 Å². The van der Waals surface area contributed by atoms with Gasteiger partial charge in [0.05, 0.1) is 17.5 Å². The Labute approximate surface area is 143 Å². The summed E-state index contributed by atoms with van der Waals surface area (Å²) in [6, 6.07) is 1.60. The summed E-state index contributed by atoms with van der Waals surface area (Å²) in [6.45, 7) is 0. The Morgan fingerprint density at radius 1 is 1.24 bits per heavy atom. The molecule has 1 aliphatic heterocycles. The second-order valence-corrected chi connectivity index (χ2v) is 5.40. The smallest absolute Gasteiger partial charge is 0.412 e. The molecule has 134 valence electrons. The van der Waals surface area contributed by atoms with Crippen LogP contribution in [0.3, 0.4) is 0 Å². The number of nitrogens with zero attached hydrogens (tertiary/aromatic N) is 2. The van der Waals surface area contributed by atoms with Crippen molar-refractivity contribution >= 4 is 17.8 Å². The maximum atomic E-state index is 12.5. The van der Waals surface area contributed by atoms with Crippen LogP contribution in [-0.2, 0) is 0 Å². The molecule has 0 fully saturated rings. The van der Waals surface area contributed by atoms with Crippen molar-refractivity contribution in [3.8, 4) is 0 Å². The van der Waals surface area contributed by atoms with Crippen LogP contribution in [0.5, 0.6) is 0 Å². The normalized spacial score (nSPS) is 19.0. The highest BCUT2D eigenvalue weighted by Crippen LogP contribution is 2.33. The minimum atomic E-state index is -4.21. The van der Waals surface area contributed by atoms with E-state index in [-0.39, 0.29) is 6.42 Å². The predicted molar refractivity (Wildman–Crippen MR) is 88.7 cm³/mol. The molecule has 25 heavy (non-hydrogen) atoms. The van der Waals surface area contributed by atoms with Gasteiger partial charge < -0.3 is 4.42 Å². The quantitative estimate of drug-likeness (QED) is 0.816. The van der Waals surface area contributed by atoms with Gasteiger partial charge in [-0.15, -0.1) is 0 Å². The van der Waals surface area contributed by atoms with Gasteiger partial charge in [-0.2, -0.15) is 18.3 Å². The number of furan rings is 1. The third-order valence-electron chi connectivity index (χ3n) is 3.75. The molecular weight excluding hydrogens is 335 g/mol. The lowest BCUT2D eigenvalue weighted by Crippen LogP contribution is -2.27. The molecule has 0 unspecified atom stereocenters. The van der Waals surface area contributed by atoms with Crippen LogP contribution >= 0.6 is 0 Å². The Morgan fingerprint density at radius 2 is 2.04 bits per heavy atom. The van der Waals surface area contributed by atoms with Crippen LogP contribution < -0.4 is 5.43 Å². The van der Waals surface area contributed by atoms with Crippen molar-refractivity contribution < 1.29 is 22.4 Å². The van der Waals surface area contributed by atoms with Crippen molar-refractivity contribution in [2.45, 2.75) is 31.9 Å². The summed E-state index contributed by atoms with van der Waals surface area (Å²) in [5.74, 6) is 0.807. The van der Waals surface area contributed by atoms with Gasteiger partial charge in [-0.05, 0) is 30.9 Å². The molecule has 0 saturated carbocycles. The highest BCUT2D eigenvalue weighted by Gasteiger charge is 2.34. The molecule has 0 radical (unpaired) electrons. The molecule has 0 atom stereocenters. The number of halogens is 3. The number of aldehydes is 1. The molecule has 5 nitrogen and oxygen atoms in total. The Hall–Kier alpha value is -2.64. The molecular formula is C17H18F3N3O2. The van der Waals surface area contributed by atoms with E-state index in [9.17, 15) is 18.0 Å². The highest BCUT2D eigenvalue weighted by atomic mass is 19.4. The van der Waals surface area contributed by atoms with Crippen molar-refractivity contribution in [2.75, 3.05) is 7.05 Å². The molecule has 0 spiro atoms. The second-order valence-electron chi connectivity index (χ2n) is 5.40. The Balaban J connectivity index is 0.000000269. The maximum absolute atomic E-state index is 12.5. The first-order valence-corrected chi connectivity index (χ1v) is 7.67. The van der Waals surface area contributed by atoms with E-state index >= 15 is 0 Å². The van der Waals surface area contributed by atoms with Gasteiger partial charge in [0.1, 0.15) is 12.1 Å². The van der Waals surface area contributed by atoms with Crippen LogP contribution in [0.4, 0.5) is 13.2 Å². The third-order valence-corrected chi connectivity index (χ3v) is 3.75. The average molecular weight is 353 g/mol. The molecule has 1 aromatic heterocycles. The average Bonchev–Trinajstić information content (AvgIpc) is 3.15. The zero-order valence-electron chi connectivity index (χ0n) is 13.6. The van der Waals surface area contributed by atoms with E-state index in [1.807, 2.05) is 0 Å². The fraction of sp³-hybridized carbons (Fsp3) is 0.353. The van der Waals surface area contributed by atoms with E-state index in [4.69, 9.17) is 0 Å². The third kappa shape index (κ3) is 5.44. The number of rotatable bonds is 2. The van der Waals surface area contributed by atoms with Crippen LogP contribution in [0.25, 0.3) is 0 Å². The number of carbonyl (C=O) groups excluding carboxylic acids is 1. The molecule has 0 amide bonds. The molecule has 0 aromatic carbocycles. The number of amidine groups is 1. The molecule has 1 aliphatic carbocycles. The van der Waals surface area contributed by atoms with E-state index in [1.165, 1.54) is 18.6 Å². The Morgan fingerprint density at radius 3 is 2.44 bits per heavy atom. The summed E-state index contributed by atoms with van der Waals surface area (Å²) >= 11 is 0. The lowest BCUT2D eigenvalue weighted by molar-refractivity contribution is -0.0940. The van der Waals surface area contributed by atoms with Gasteiger partial charge in [0.2, 0.25) is 0 Å². The van der Waals surface area contributed by atoms with Gasteiger partial charge in [-0.1, -0.05) is 12.2 Å². The topological polar surface area (TPSA) is 67.0 Å². The first kappa shape index (κ1) is 18.7. The summed E-state index contributed by atoms with van der Waals surface area (Å²) < 4.78 is 41.9. The summed E-state index contributed by atoms with van der Waals surface area (Å²) in [5, 5.41) is 4.15. The molecule has 0 saturated heterocycles. The van der Waals surface area contributed by atoms with Crippen LogP contribution in [0.1, 0.15) is 36.0 Å². The maximum Gasteiger partial charge on any atom is 0.412 e. The zero-order valence-corrected chi connectivity index (χ0v) is 13.6. The monoisotopic (exact) mass is 353 g/mol. The SMILES string of the molecule is CN=C1CCC(C2=CC=C(C(F)(F)F)CC2)=NN1.O=Cc1ccoc1. The largest absolute Gasteiger partial charge is 0.472 e. The van der Waals surface area contributed by atoms with E-state index in [0.29, 0.717) is 12.0 Å². The van der Waals surface area contributed by atoms with Gasteiger partial charge in [0, 0.05) is 19.0 Å². The van der Waals surface area contributed by atoms with Crippen molar-refractivity contribution in [3.63, 3.8) is 0 Å². The van der Waals surface area contributed by atoms with E-state index in [2.05, 4.69) is 19.9 Å². The van der Waals surface area contributed by atoms with E-state index in [0.717, 1.165) is 42.3 Å². The molecule has 2 heterocycles. The van der Waals surface area contributed by atoms with Crippen LogP contribution in [-0.4, -0.2) is 31.1 Å². The number of aliphatic imine (C=N–C) groups is 1. The summed E-state index contributed by atoms with van der Waals surface area (Å²) in [7, 11) is 1.68. The minimum Gasteiger partial charge on any atom is -0.472 e. The summed E-state index contributed by atoms with van der Waals surface area (Å²) in [4.78, 5) is 13.8. The van der Waals surface area contributed by atoms with Gasteiger partial charge in [0.15, 0.2) is 6.29 Å². The van der Waals surface area contributed by atoms with Crippen molar-refractivity contribution in [3.05, 3.63) is 47.5 Å². The summed E-state index contributed by atoms with van der Waals surface area (Å²) in [6.07, 6.45) is 3.97. The molecule has 3 rings (SSSR count). The van der Waals surface area contributed by atoms with Gasteiger partial charge >= 0.3 is 6.18 Å². The highest BCUT2D eigenvalue weighted by molar-refractivity contribution is 6.04. The number of carbonyl (C=O) groups is 1. The minimum absolute atomic E-state index is 0.0308. The van der Waals surface area contributed by atoms with Gasteiger partial charge in [0.25, 0.3) is 0 Å². The number of nitrogens with one attached hydrogen (secondary N) is 1. The number of hydrogen-bond acceptors (Lipinski definition) is 4. The first-order valence-electron chi connectivity index (χ1n) is 7.67. The lowest BCUT2D eigenvalue weighted by Gasteiger charge is -2.20. The van der Waals surface area contributed by atoms with Crippen molar-refractivity contribution in [1.29, 1.82) is 0 Å². The molecule has 1 aromatic rings. The Kier molecular flexibility index (Phi) is 6.32. The van der Waals surface area contributed by atoms with Crippen molar-refractivity contribution in [1.82, 2.24) is 5.43 Å². The number of hydrogen-bond donors (Lipinski definition) is 1. The Bertz CT molecular complexity index is 714. The number of hydrazone groups is 1. The van der Waals surface area contributed by atoms with Crippen LogP contribution in [0.15, 0.2) is 56.4 Å². The standard InChI is InChI=1S/C12H14F3N3.C5H4O2/c1-16-11-7-6-10(17-18-11)8-2-4-9(5-3-8)12(13,14)15;6-3-5-1-2-7-4-5/h2,4H,3,5-7H2,1H3,(H,16,18);1-4H. The van der Waals surface area contributed by atoms with E-state index < -0.39 is 11.7 Å². The van der Waals surface area contributed by atoms with Crippen LogP contribution in [0, 0.1) is 0 Å². The molecule has 8 heteroatoms. The zero-order chi connectivity index (χ0) is 18.3. The van der Waals surface area contributed by atoms with Gasteiger partial charge in [-0.3, -0.25) is 15.2 Å². The predicted octanol–water partition coefficient (Wildman–Crippen LogP) is 4.06. The fourth-order valence-electron chi connectivity index (χ4n) is 2.33.